The van der Waals surface area contributed by atoms with Gasteiger partial charge in [-0.25, -0.2) is 0 Å². The number of thiophene rings is 1. The molecule has 0 aliphatic carbocycles. The van der Waals surface area contributed by atoms with Gasteiger partial charge in [-0.15, -0.1) is 11.3 Å². The van der Waals surface area contributed by atoms with Gasteiger partial charge in [0.05, 0.1) is 0 Å². The van der Waals surface area contributed by atoms with E-state index in [0.29, 0.717) is 0 Å². The summed E-state index contributed by atoms with van der Waals surface area (Å²) in [7, 11) is 0. The molecule has 1 nitrogen and oxygen atoms in total. The Hall–Kier alpha value is -1.80. The molecule has 0 saturated heterocycles. The summed E-state index contributed by atoms with van der Waals surface area (Å²) >= 11 is 1.82. The van der Waals surface area contributed by atoms with Gasteiger partial charge in [-0.3, -0.25) is 0 Å². The summed E-state index contributed by atoms with van der Waals surface area (Å²) in [5.74, 6) is 0. The second kappa shape index (κ2) is 3.34. The van der Waals surface area contributed by atoms with E-state index >= 15 is 0 Å². The van der Waals surface area contributed by atoms with E-state index in [9.17, 15) is 0 Å². The highest BCUT2D eigenvalue weighted by Crippen LogP contribution is 2.36. The van der Waals surface area contributed by atoms with Crippen LogP contribution in [0.4, 0.5) is 5.00 Å². The van der Waals surface area contributed by atoms with Crippen LogP contribution >= 0.6 is 11.3 Å². The van der Waals surface area contributed by atoms with E-state index < -0.39 is 0 Å². The Morgan fingerprint density at radius 2 is 2.00 bits per heavy atom. The minimum atomic E-state index is 0.976. The van der Waals surface area contributed by atoms with E-state index in [1.807, 2.05) is 11.3 Å². The van der Waals surface area contributed by atoms with Crippen molar-refractivity contribution in [2.75, 3.05) is 11.4 Å². The van der Waals surface area contributed by atoms with Gasteiger partial charge in [0.25, 0.3) is 0 Å². The molecule has 17 heavy (non-hydrogen) atoms. The zero-order valence-electron chi connectivity index (χ0n) is 9.26. The Morgan fingerprint density at radius 1 is 1.06 bits per heavy atom. The molecule has 1 aromatic carbocycles. The van der Waals surface area contributed by atoms with Gasteiger partial charge in [0.1, 0.15) is 5.00 Å². The third-order valence-corrected chi connectivity index (χ3v) is 4.31. The third kappa shape index (κ3) is 1.25. The van der Waals surface area contributed by atoms with E-state index in [2.05, 4.69) is 58.8 Å². The summed E-state index contributed by atoms with van der Waals surface area (Å²) in [4.78, 5) is 2.41. The lowest BCUT2D eigenvalue weighted by atomic mass is 10.1. The van der Waals surface area contributed by atoms with Crippen molar-refractivity contribution in [2.45, 2.75) is 0 Å². The van der Waals surface area contributed by atoms with Gasteiger partial charge in [-0.2, -0.15) is 0 Å². The van der Waals surface area contributed by atoms with Gasteiger partial charge >= 0.3 is 0 Å². The first kappa shape index (κ1) is 9.25. The molecule has 2 heteroatoms. The van der Waals surface area contributed by atoms with Crippen LogP contribution in [0.2, 0.25) is 0 Å². The van der Waals surface area contributed by atoms with Crippen LogP contribution in [-0.2, 0) is 0 Å². The summed E-state index contributed by atoms with van der Waals surface area (Å²) in [6, 6.07) is 10.8. The Morgan fingerprint density at radius 3 is 3.00 bits per heavy atom. The molecule has 0 atom stereocenters. The molecule has 0 radical (unpaired) electrons. The minimum Gasteiger partial charge on any atom is -0.328 e. The number of hydrogen-bond acceptors (Lipinski definition) is 2. The second-order valence-electron chi connectivity index (χ2n) is 4.30. The first-order valence-corrected chi connectivity index (χ1v) is 6.64. The van der Waals surface area contributed by atoms with Crippen LogP contribution < -0.4 is 15.3 Å². The largest absolute Gasteiger partial charge is 0.328 e. The highest BCUT2D eigenvalue weighted by Gasteiger charge is 2.20. The van der Waals surface area contributed by atoms with Crippen LogP contribution in [-0.4, -0.2) is 6.54 Å². The van der Waals surface area contributed by atoms with E-state index in [0.717, 1.165) is 6.54 Å². The summed E-state index contributed by atoms with van der Waals surface area (Å²) < 4.78 is 0. The number of nitrogens with zero attached hydrogens (tertiary/aromatic N) is 1. The maximum absolute atomic E-state index is 2.41. The van der Waals surface area contributed by atoms with Crippen LogP contribution in [0.3, 0.4) is 0 Å². The molecule has 82 valence electrons. The van der Waals surface area contributed by atoms with E-state index in [1.54, 1.807) is 0 Å². The fraction of sp³-hybridized carbons (Fsp3) is 0.0667. The average molecular weight is 237 g/mol. The highest BCUT2D eigenvalue weighted by molar-refractivity contribution is 7.14. The van der Waals surface area contributed by atoms with Crippen LogP contribution in [0.15, 0.2) is 41.8 Å². The molecule has 2 aliphatic heterocycles. The first-order chi connectivity index (χ1) is 8.43. The second-order valence-corrected chi connectivity index (χ2v) is 5.20. The molecule has 0 spiro atoms. The van der Waals surface area contributed by atoms with Crippen LogP contribution in [0.1, 0.15) is 5.56 Å². The summed E-state index contributed by atoms with van der Waals surface area (Å²) in [5, 5.41) is 6.23. The quantitative estimate of drug-likeness (QED) is 0.679. The average Bonchev–Trinajstić information content (AvgIpc) is 2.86. The molecular formula is C15H11NS. The van der Waals surface area contributed by atoms with Gasteiger partial charge < -0.3 is 4.90 Å². The van der Waals surface area contributed by atoms with Crippen molar-refractivity contribution in [3.63, 3.8) is 0 Å². The van der Waals surface area contributed by atoms with Gasteiger partial charge in [0, 0.05) is 23.0 Å². The molecule has 3 heterocycles. The molecule has 2 aliphatic rings. The van der Waals surface area contributed by atoms with Crippen molar-refractivity contribution < 1.29 is 0 Å². The van der Waals surface area contributed by atoms with Crippen molar-refractivity contribution in [2.24, 2.45) is 0 Å². The van der Waals surface area contributed by atoms with Crippen molar-refractivity contribution in [1.29, 1.82) is 0 Å². The zero-order chi connectivity index (χ0) is 11.2. The van der Waals surface area contributed by atoms with Gasteiger partial charge in [0.15, 0.2) is 0 Å². The smallest absolute Gasteiger partial charge is 0.103 e. The van der Waals surface area contributed by atoms with E-state index in [-0.39, 0.29) is 0 Å². The molecule has 0 amide bonds. The molecule has 0 N–H and O–H groups in total. The van der Waals surface area contributed by atoms with Gasteiger partial charge in [0.2, 0.25) is 0 Å². The fourth-order valence-corrected chi connectivity index (χ4v) is 3.46. The Balaban J connectivity index is 2.09. The van der Waals surface area contributed by atoms with Gasteiger partial charge in [-0.1, -0.05) is 30.3 Å². The summed E-state index contributed by atoms with van der Waals surface area (Å²) in [5.41, 5.74) is 2.67. The van der Waals surface area contributed by atoms with Crippen LogP contribution in [0.25, 0.3) is 17.8 Å². The topological polar surface area (TPSA) is 3.24 Å². The molecule has 2 aromatic rings. The first-order valence-electron chi connectivity index (χ1n) is 5.76. The summed E-state index contributed by atoms with van der Waals surface area (Å²) in [6.45, 7) is 0.976. The molecule has 0 unspecified atom stereocenters. The molecule has 0 fully saturated rings. The number of benzene rings is 1. The molecule has 0 bridgehead atoms. The Bertz CT molecular complexity index is 736. The lowest BCUT2D eigenvalue weighted by Gasteiger charge is -2.29. The Kier molecular flexibility index (Phi) is 1.82. The van der Waals surface area contributed by atoms with Crippen molar-refractivity contribution in [3.8, 4) is 0 Å². The lowest BCUT2D eigenvalue weighted by Crippen LogP contribution is -2.39. The molecular weight excluding hydrogens is 226 g/mol. The van der Waals surface area contributed by atoms with Crippen molar-refractivity contribution >= 4 is 34.2 Å². The maximum atomic E-state index is 2.41. The third-order valence-electron chi connectivity index (χ3n) is 3.36. The highest BCUT2D eigenvalue weighted by atomic mass is 32.1. The van der Waals surface area contributed by atoms with E-state index in [1.165, 1.54) is 26.7 Å². The molecule has 0 saturated carbocycles. The molecule has 4 rings (SSSR count). The van der Waals surface area contributed by atoms with Crippen molar-refractivity contribution in [3.05, 3.63) is 57.8 Å². The molecule has 1 aromatic heterocycles. The summed E-state index contributed by atoms with van der Waals surface area (Å²) in [6.07, 6.45) is 6.77. The minimum absolute atomic E-state index is 0.976. The SMILES string of the molecule is C1=Cc2ccsc2N2CC=c3ccccc3=C12. The predicted molar refractivity (Wildman–Crippen MR) is 74.3 cm³/mol. The fourth-order valence-electron chi connectivity index (χ4n) is 2.54. The van der Waals surface area contributed by atoms with Crippen molar-refractivity contribution in [1.82, 2.24) is 0 Å². The zero-order valence-corrected chi connectivity index (χ0v) is 10.1. The van der Waals surface area contributed by atoms with E-state index in [4.69, 9.17) is 0 Å². The standard InChI is InChI=1S/C15H11NS/c1-2-4-13-11(3-1)7-9-16-14(13)6-5-12-8-10-17-15(12)16/h1-8,10H,9H2. The monoisotopic (exact) mass is 237 g/mol. The van der Waals surface area contributed by atoms with Gasteiger partial charge in [-0.05, 0) is 28.8 Å². The number of fused-ring (bicyclic) bond motifs is 4. The van der Waals surface area contributed by atoms with Crippen LogP contribution in [0.5, 0.6) is 0 Å². The lowest BCUT2D eigenvalue weighted by molar-refractivity contribution is 1.12. The van der Waals surface area contributed by atoms with Crippen LogP contribution in [0, 0.1) is 0 Å². The maximum Gasteiger partial charge on any atom is 0.103 e. The number of rotatable bonds is 0. The number of anilines is 1. The Labute approximate surface area is 104 Å². The number of hydrogen-bond donors (Lipinski definition) is 0. The normalized spacial score (nSPS) is 16.0. The predicted octanol–water partition coefficient (Wildman–Crippen LogP) is 2.18.